The van der Waals surface area contributed by atoms with Gasteiger partial charge in [0.15, 0.2) is 11.5 Å². The van der Waals surface area contributed by atoms with Gasteiger partial charge in [0.2, 0.25) is 5.91 Å². The molecule has 1 amide bonds. The van der Waals surface area contributed by atoms with Gasteiger partial charge >= 0.3 is 0 Å². The van der Waals surface area contributed by atoms with Crippen molar-refractivity contribution < 1.29 is 19.5 Å². The Labute approximate surface area is 138 Å². The van der Waals surface area contributed by atoms with Gasteiger partial charge in [-0.1, -0.05) is 0 Å². The third kappa shape index (κ3) is 3.03. The van der Waals surface area contributed by atoms with Gasteiger partial charge in [-0.2, -0.15) is 0 Å². The molecule has 2 aromatic rings. The number of anilines is 1. The van der Waals surface area contributed by atoms with E-state index in [1.165, 1.54) is 13.4 Å². The van der Waals surface area contributed by atoms with Crippen molar-refractivity contribution >= 4 is 22.9 Å². The number of ether oxygens (including phenoxy) is 1. The van der Waals surface area contributed by atoms with Crippen LogP contribution in [0.1, 0.15) is 25.5 Å². The maximum Gasteiger partial charge on any atom is 0.245 e. The Kier molecular flexibility index (Phi) is 4.60. The number of hydrogen-bond acceptors (Lipinski definition) is 8. The SMILES string of the molecule is CON(C)C(=O)CC[C@H]1O[C@@H](n2cnc3c(N)ncnc32)C[C@@H]1O. The molecule has 1 fully saturated rings. The van der Waals surface area contributed by atoms with Crippen LogP contribution in [0.15, 0.2) is 12.7 Å². The zero-order chi connectivity index (χ0) is 17.3. The third-order valence-corrected chi connectivity index (χ3v) is 4.17. The second-order valence-corrected chi connectivity index (χ2v) is 5.63. The zero-order valence-corrected chi connectivity index (χ0v) is 13.5. The Hall–Kier alpha value is -2.30. The third-order valence-electron chi connectivity index (χ3n) is 4.17. The number of nitrogen functional groups attached to an aromatic ring is 1. The van der Waals surface area contributed by atoms with E-state index in [1.54, 1.807) is 17.9 Å². The van der Waals surface area contributed by atoms with Gasteiger partial charge in [-0.3, -0.25) is 14.2 Å². The number of aliphatic hydroxyl groups excluding tert-OH is 1. The molecule has 0 spiro atoms. The number of amides is 1. The highest BCUT2D eigenvalue weighted by atomic mass is 16.7. The Morgan fingerprint density at radius 1 is 1.54 bits per heavy atom. The Balaban J connectivity index is 1.69. The van der Waals surface area contributed by atoms with Crippen LogP contribution >= 0.6 is 0 Å². The smallest absolute Gasteiger partial charge is 0.245 e. The van der Waals surface area contributed by atoms with E-state index in [-0.39, 0.29) is 12.3 Å². The van der Waals surface area contributed by atoms with E-state index in [1.807, 2.05) is 0 Å². The quantitative estimate of drug-likeness (QED) is 0.722. The molecule has 1 aliphatic heterocycles. The Morgan fingerprint density at radius 2 is 2.33 bits per heavy atom. The van der Waals surface area contributed by atoms with Crippen LogP contribution in [0.4, 0.5) is 5.82 Å². The lowest BCUT2D eigenvalue weighted by Gasteiger charge is -2.17. The molecule has 3 rings (SSSR count). The van der Waals surface area contributed by atoms with Crippen molar-refractivity contribution in [2.24, 2.45) is 0 Å². The van der Waals surface area contributed by atoms with E-state index in [9.17, 15) is 9.90 Å². The van der Waals surface area contributed by atoms with Gasteiger partial charge < -0.3 is 15.6 Å². The first-order valence-electron chi connectivity index (χ1n) is 7.58. The first-order chi connectivity index (χ1) is 11.5. The Morgan fingerprint density at radius 3 is 3.08 bits per heavy atom. The maximum atomic E-state index is 11.8. The molecule has 3 atom stereocenters. The van der Waals surface area contributed by atoms with Gasteiger partial charge in [0.25, 0.3) is 0 Å². The van der Waals surface area contributed by atoms with Gasteiger partial charge in [0.05, 0.1) is 25.6 Å². The fraction of sp³-hybridized carbons (Fsp3) is 0.571. The van der Waals surface area contributed by atoms with E-state index in [4.69, 9.17) is 15.3 Å². The number of fused-ring (bicyclic) bond motifs is 1. The average Bonchev–Trinajstić information content (AvgIpc) is 3.16. The number of hydrogen-bond donors (Lipinski definition) is 2. The molecule has 0 saturated carbocycles. The molecular weight excluding hydrogens is 316 g/mol. The van der Waals surface area contributed by atoms with Crippen LogP contribution in [0, 0.1) is 0 Å². The van der Waals surface area contributed by atoms with Crippen molar-refractivity contribution in [3.05, 3.63) is 12.7 Å². The summed E-state index contributed by atoms with van der Waals surface area (Å²) in [6, 6.07) is 0. The minimum absolute atomic E-state index is 0.176. The fourth-order valence-corrected chi connectivity index (χ4v) is 2.75. The molecule has 10 heteroatoms. The fourth-order valence-electron chi connectivity index (χ4n) is 2.75. The largest absolute Gasteiger partial charge is 0.390 e. The molecule has 3 N–H and O–H groups in total. The van der Waals surface area contributed by atoms with Gasteiger partial charge in [-0.25, -0.2) is 20.0 Å². The minimum atomic E-state index is -0.674. The van der Waals surface area contributed by atoms with Crippen LogP contribution in [0.3, 0.4) is 0 Å². The first kappa shape index (κ1) is 16.6. The van der Waals surface area contributed by atoms with E-state index in [0.717, 1.165) is 5.06 Å². The number of imidazole rings is 1. The zero-order valence-electron chi connectivity index (χ0n) is 13.5. The second-order valence-electron chi connectivity index (χ2n) is 5.63. The summed E-state index contributed by atoms with van der Waals surface area (Å²) in [5.74, 6) is 0.118. The lowest BCUT2D eigenvalue weighted by Crippen LogP contribution is -2.28. The molecule has 3 heterocycles. The number of rotatable bonds is 5. The van der Waals surface area contributed by atoms with Crippen molar-refractivity contribution in [2.45, 2.75) is 37.7 Å². The summed E-state index contributed by atoms with van der Waals surface area (Å²) in [4.78, 5) is 28.9. The predicted octanol–water partition coefficient (Wildman–Crippen LogP) is -0.143. The van der Waals surface area contributed by atoms with Crippen LogP contribution < -0.4 is 5.73 Å². The molecule has 0 unspecified atom stereocenters. The van der Waals surface area contributed by atoms with E-state index in [0.29, 0.717) is 29.8 Å². The molecule has 130 valence electrons. The highest BCUT2D eigenvalue weighted by Crippen LogP contribution is 2.33. The normalized spacial score (nSPS) is 23.7. The summed E-state index contributed by atoms with van der Waals surface area (Å²) in [6.07, 6.45) is 2.39. The van der Waals surface area contributed by atoms with Crippen molar-refractivity contribution in [2.75, 3.05) is 19.9 Å². The van der Waals surface area contributed by atoms with Crippen LogP contribution in [0.2, 0.25) is 0 Å². The molecule has 0 aliphatic carbocycles. The number of carbonyl (C=O) groups excluding carboxylic acids is 1. The lowest BCUT2D eigenvalue weighted by atomic mass is 10.1. The molecule has 10 nitrogen and oxygen atoms in total. The summed E-state index contributed by atoms with van der Waals surface area (Å²) in [5, 5.41) is 11.4. The molecule has 2 aromatic heterocycles. The first-order valence-corrected chi connectivity index (χ1v) is 7.58. The molecular formula is C14H20N6O4. The van der Waals surface area contributed by atoms with E-state index >= 15 is 0 Å². The monoisotopic (exact) mass is 336 g/mol. The van der Waals surface area contributed by atoms with Crippen LogP contribution in [0.25, 0.3) is 11.2 Å². The highest BCUT2D eigenvalue weighted by Gasteiger charge is 2.36. The summed E-state index contributed by atoms with van der Waals surface area (Å²) >= 11 is 0. The minimum Gasteiger partial charge on any atom is -0.390 e. The molecule has 0 aromatic carbocycles. The number of nitrogens with two attached hydrogens (primary N) is 1. The molecule has 1 aliphatic rings. The van der Waals surface area contributed by atoms with Crippen LogP contribution in [-0.4, -0.2) is 62.0 Å². The second kappa shape index (κ2) is 6.67. The van der Waals surface area contributed by atoms with Gasteiger partial charge in [-0.05, 0) is 6.42 Å². The van der Waals surface area contributed by atoms with Crippen molar-refractivity contribution in [3.63, 3.8) is 0 Å². The van der Waals surface area contributed by atoms with E-state index in [2.05, 4.69) is 15.0 Å². The molecule has 24 heavy (non-hydrogen) atoms. The number of aromatic nitrogens is 4. The highest BCUT2D eigenvalue weighted by molar-refractivity contribution is 5.81. The van der Waals surface area contributed by atoms with Gasteiger partial charge in [-0.15, -0.1) is 0 Å². The van der Waals surface area contributed by atoms with E-state index < -0.39 is 18.4 Å². The van der Waals surface area contributed by atoms with Crippen LogP contribution in [-0.2, 0) is 14.4 Å². The van der Waals surface area contributed by atoms with Crippen LogP contribution in [0.5, 0.6) is 0 Å². The average molecular weight is 336 g/mol. The summed E-state index contributed by atoms with van der Waals surface area (Å²) in [5.41, 5.74) is 6.82. The summed E-state index contributed by atoms with van der Waals surface area (Å²) in [7, 11) is 2.96. The maximum absolute atomic E-state index is 11.8. The topological polar surface area (TPSA) is 129 Å². The number of carbonyl (C=O) groups is 1. The van der Waals surface area contributed by atoms with Gasteiger partial charge in [0.1, 0.15) is 18.1 Å². The molecule has 0 bridgehead atoms. The lowest BCUT2D eigenvalue weighted by molar-refractivity contribution is -0.169. The van der Waals surface area contributed by atoms with Crippen molar-refractivity contribution in [3.8, 4) is 0 Å². The summed E-state index contributed by atoms with van der Waals surface area (Å²) < 4.78 is 7.61. The number of hydroxylamine groups is 2. The number of aliphatic hydroxyl groups is 1. The van der Waals surface area contributed by atoms with Crippen molar-refractivity contribution in [1.82, 2.24) is 24.6 Å². The predicted molar refractivity (Wildman–Crippen MR) is 83.3 cm³/mol. The Bertz CT molecular complexity index is 735. The molecule has 1 saturated heterocycles. The number of nitrogens with zero attached hydrogens (tertiary/aromatic N) is 5. The standard InChI is InChI=1S/C14H20N6O4/c1-19(23-2)10(22)4-3-9-8(21)5-11(24-9)20-7-18-12-13(15)16-6-17-14(12)20/h6-9,11,21H,3-5H2,1-2H3,(H2,15,16,17)/t8-,9+,11+/m0/s1. The van der Waals surface area contributed by atoms with Crippen molar-refractivity contribution in [1.29, 1.82) is 0 Å². The summed E-state index contributed by atoms with van der Waals surface area (Å²) in [6.45, 7) is 0. The molecule has 0 radical (unpaired) electrons. The van der Waals surface area contributed by atoms with Gasteiger partial charge in [0, 0.05) is 19.9 Å².